The van der Waals surface area contributed by atoms with Gasteiger partial charge in [-0.3, -0.25) is 0 Å². The van der Waals surface area contributed by atoms with Gasteiger partial charge in [0.15, 0.2) is 21.3 Å². The molecule has 1 saturated heterocycles. The normalized spacial score (nSPS) is 26.1. The molecule has 0 aromatic heterocycles. The van der Waals surface area contributed by atoms with E-state index < -0.39 is 45.3 Å². The molecule has 45 heavy (non-hydrogen) atoms. The van der Waals surface area contributed by atoms with Crippen molar-refractivity contribution >= 4 is 15.5 Å². The summed E-state index contributed by atoms with van der Waals surface area (Å²) in [6.45, 7) is 11.3. The highest BCUT2D eigenvalue weighted by atomic mass is 28.2. The van der Waals surface area contributed by atoms with Gasteiger partial charge in [-0.15, -0.1) is 0 Å². The van der Waals surface area contributed by atoms with Crippen LogP contribution in [0.5, 0.6) is 11.5 Å². The van der Waals surface area contributed by atoms with E-state index in [1.807, 2.05) is 78.9 Å². The second-order valence-electron chi connectivity index (χ2n) is 13.0. The maximum atomic E-state index is 12.0. The molecule has 3 aromatic carbocycles. The van der Waals surface area contributed by atoms with Crippen LogP contribution in [0, 0.1) is 0 Å². The van der Waals surface area contributed by atoms with Crippen molar-refractivity contribution in [1.82, 2.24) is 0 Å². The van der Waals surface area contributed by atoms with Gasteiger partial charge in [0, 0.05) is 32.5 Å². The molecular formula is C35H47NO8Si. The van der Waals surface area contributed by atoms with Crippen LogP contribution in [0.15, 0.2) is 78.9 Å². The maximum absolute atomic E-state index is 12.0. The lowest BCUT2D eigenvalue weighted by Gasteiger charge is -2.57. The van der Waals surface area contributed by atoms with Crippen molar-refractivity contribution in [3.8, 4) is 11.5 Å². The Morgan fingerprint density at radius 3 is 1.96 bits per heavy atom. The van der Waals surface area contributed by atoms with Crippen LogP contribution in [0.3, 0.4) is 0 Å². The van der Waals surface area contributed by atoms with Gasteiger partial charge in [-0.1, -0.05) is 81.4 Å². The van der Waals surface area contributed by atoms with Crippen molar-refractivity contribution in [3.05, 3.63) is 90.0 Å². The largest absolute Gasteiger partial charge is 0.486 e. The molecular weight excluding hydrogens is 590 g/mol. The van der Waals surface area contributed by atoms with Crippen LogP contribution in [0.1, 0.15) is 45.7 Å². The Morgan fingerprint density at radius 1 is 0.844 bits per heavy atom. The van der Waals surface area contributed by atoms with Crippen LogP contribution in [0.2, 0.25) is 5.04 Å². The van der Waals surface area contributed by atoms with Crippen LogP contribution in [0.4, 0.5) is 5.69 Å². The monoisotopic (exact) mass is 637 g/mol. The van der Waals surface area contributed by atoms with Crippen LogP contribution < -0.4 is 14.8 Å². The summed E-state index contributed by atoms with van der Waals surface area (Å²) < 4.78 is 44.4. The highest BCUT2D eigenvalue weighted by Gasteiger charge is 2.63. The summed E-state index contributed by atoms with van der Waals surface area (Å²) in [6.07, 6.45) is -2.84. The van der Waals surface area contributed by atoms with E-state index >= 15 is 0 Å². The van der Waals surface area contributed by atoms with Gasteiger partial charge in [-0.05, 0) is 42.1 Å². The van der Waals surface area contributed by atoms with Crippen molar-refractivity contribution in [3.63, 3.8) is 0 Å². The summed E-state index contributed by atoms with van der Waals surface area (Å²) in [6, 6.07) is 25.7. The highest BCUT2D eigenvalue weighted by Crippen LogP contribution is 2.50. The summed E-state index contributed by atoms with van der Waals surface area (Å²) in [5, 5.41) is 15.3. The van der Waals surface area contributed by atoms with Crippen molar-refractivity contribution in [1.29, 1.82) is 0 Å². The lowest BCUT2D eigenvalue weighted by Crippen LogP contribution is -2.71. The molecule has 244 valence electrons. The summed E-state index contributed by atoms with van der Waals surface area (Å²) in [5.41, 5.74) is 1.40. The minimum absolute atomic E-state index is 0.0517. The van der Waals surface area contributed by atoms with Crippen LogP contribution >= 0.6 is 0 Å². The molecule has 0 amide bonds. The fourth-order valence-corrected chi connectivity index (χ4v) is 7.00. The first kappa shape index (κ1) is 33.4. The standard InChI is InChI=1S/C35H47NO8Si/c1-32(2,3)45-44-35(24-14-10-8-11-15-24,25-16-12-9-13-17-25)31-30(42-33(4,38-6)34(5,39-7)43-31)27(37)23-36-26-18-19-28-29(22-26)41-21-20-40-28/h8-19,22,27,30-31,36-37H,20-21,23,45H2,1-7H3/t27-,30+,31+,33-,34-/m1/s1. The Hall–Kier alpha value is -2.96. The Bertz CT molecular complexity index is 1360. The quantitative estimate of drug-likeness (QED) is 0.282. The van der Waals surface area contributed by atoms with E-state index in [-0.39, 0.29) is 11.6 Å². The molecule has 9 nitrogen and oxygen atoms in total. The summed E-state index contributed by atoms with van der Waals surface area (Å²) >= 11 is 0. The molecule has 0 spiro atoms. The molecule has 0 bridgehead atoms. The number of aliphatic hydroxyl groups is 1. The number of benzene rings is 3. The lowest BCUT2D eigenvalue weighted by molar-refractivity contribution is -0.463. The minimum atomic E-state index is -1.36. The SMILES string of the molecule is CO[C@]1(C)O[C@@H]([C@H](O)CNc2ccc3c(c2)OCCO3)[C@@H](C(O[SiH2]C(C)(C)C)(c2ccccc2)c2ccccc2)O[C@@]1(C)OC. The van der Waals surface area contributed by atoms with Crippen molar-refractivity contribution in [2.45, 2.75) is 75.1 Å². The predicted molar refractivity (Wildman–Crippen MR) is 176 cm³/mol. The maximum Gasteiger partial charge on any atom is 0.220 e. The van der Waals surface area contributed by atoms with Crippen LogP contribution in [-0.2, 0) is 29.0 Å². The van der Waals surface area contributed by atoms with E-state index in [9.17, 15) is 5.11 Å². The zero-order valence-corrected chi connectivity index (χ0v) is 28.8. The Kier molecular flexibility index (Phi) is 9.95. The molecule has 0 radical (unpaired) electrons. The first-order valence-electron chi connectivity index (χ1n) is 15.5. The number of hydrogen-bond donors (Lipinski definition) is 2. The Morgan fingerprint density at radius 2 is 1.40 bits per heavy atom. The Labute approximate surface area is 269 Å². The molecule has 5 atom stereocenters. The average molecular weight is 638 g/mol. The summed E-state index contributed by atoms with van der Waals surface area (Å²) in [4.78, 5) is 0. The van der Waals surface area contributed by atoms with Crippen molar-refractivity contribution in [2.24, 2.45) is 0 Å². The fourth-order valence-electron chi connectivity index (χ4n) is 5.84. The van der Waals surface area contributed by atoms with E-state index in [0.717, 1.165) is 16.8 Å². The summed E-state index contributed by atoms with van der Waals surface area (Å²) in [5.74, 6) is -1.36. The number of anilines is 1. The number of ether oxygens (including phenoxy) is 6. The second kappa shape index (κ2) is 13.4. The van der Waals surface area contributed by atoms with Gasteiger partial charge in [-0.25, -0.2) is 0 Å². The van der Waals surface area contributed by atoms with Gasteiger partial charge in [0.1, 0.15) is 37.1 Å². The van der Waals surface area contributed by atoms with Gasteiger partial charge < -0.3 is 43.3 Å². The number of aliphatic hydroxyl groups excluding tert-OH is 1. The molecule has 2 aliphatic rings. The van der Waals surface area contributed by atoms with Crippen molar-refractivity contribution in [2.75, 3.05) is 39.3 Å². The van der Waals surface area contributed by atoms with E-state index in [1.54, 1.807) is 28.1 Å². The first-order valence-corrected chi connectivity index (χ1v) is 16.8. The van der Waals surface area contributed by atoms with E-state index in [1.165, 1.54) is 0 Å². The third-order valence-corrected chi connectivity index (χ3v) is 10.1. The third-order valence-electron chi connectivity index (χ3n) is 8.59. The molecule has 0 unspecified atom stereocenters. The molecule has 0 saturated carbocycles. The molecule has 2 N–H and O–H groups in total. The predicted octanol–water partition coefficient (Wildman–Crippen LogP) is 5.00. The molecule has 10 heteroatoms. The van der Waals surface area contributed by atoms with Gasteiger partial charge in [0.2, 0.25) is 11.6 Å². The molecule has 2 heterocycles. The highest BCUT2D eigenvalue weighted by molar-refractivity contribution is 6.32. The van der Waals surface area contributed by atoms with Gasteiger partial charge in [-0.2, -0.15) is 0 Å². The number of hydrogen-bond acceptors (Lipinski definition) is 9. The van der Waals surface area contributed by atoms with Gasteiger partial charge >= 0.3 is 0 Å². The number of methoxy groups -OCH3 is 2. The van der Waals surface area contributed by atoms with E-state index in [0.29, 0.717) is 24.7 Å². The summed E-state index contributed by atoms with van der Waals surface area (Å²) in [7, 11) is 1.91. The van der Waals surface area contributed by atoms with Crippen LogP contribution in [0.25, 0.3) is 0 Å². The molecule has 5 rings (SSSR count). The first-order chi connectivity index (χ1) is 21.4. The van der Waals surface area contributed by atoms with E-state index in [2.05, 4.69) is 26.1 Å². The lowest BCUT2D eigenvalue weighted by atomic mass is 9.77. The zero-order chi connectivity index (χ0) is 32.3. The van der Waals surface area contributed by atoms with Crippen molar-refractivity contribution < 1.29 is 38.0 Å². The smallest absolute Gasteiger partial charge is 0.220 e. The molecule has 0 aliphatic carbocycles. The van der Waals surface area contributed by atoms with Crippen LogP contribution in [-0.4, -0.2) is 78.7 Å². The number of rotatable bonds is 11. The third kappa shape index (κ3) is 6.78. The number of fused-ring (bicyclic) bond motifs is 1. The minimum Gasteiger partial charge on any atom is -0.486 e. The second-order valence-corrected chi connectivity index (χ2v) is 15.7. The topological polar surface area (TPSA) is 96.9 Å². The average Bonchev–Trinajstić information content (AvgIpc) is 3.05. The van der Waals surface area contributed by atoms with E-state index in [4.69, 9.17) is 32.8 Å². The number of nitrogens with one attached hydrogen (secondary N) is 1. The molecule has 1 fully saturated rings. The molecule has 2 aliphatic heterocycles. The Balaban J connectivity index is 1.61. The molecule has 3 aromatic rings. The zero-order valence-electron chi connectivity index (χ0n) is 27.4. The van der Waals surface area contributed by atoms with Gasteiger partial charge in [0.05, 0.1) is 0 Å². The fraction of sp³-hybridized carbons (Fsp3) is 0.486. The van der Waals surface area contributed by atoms with Gasteiger partial charge in [0.25, 0.3) is 0 Å².